The SMILES string of the molecule is O=C(NN=Cc1ccccc1OCc1ccccc1)c1nn(Cc2ccc(Br)cc2)cc1Br. The van der Waals surface area contributed by atoms with Crippen LogP contribution >= 0.6 is 31.9 Å². The van der Waals surface area contributed by atoms with Crippen LogP contribution in [0.1, 0.15) is 27.2 Å². The lowest BCUT2D eigenvalue weighted by molar-refractivity contribution is 0.0948. The Bertz CT molecular complexity index is 1260. The van der Waals surface area contributed by atoms with Crippen LogP contribution in [-0.4, -0.2) is 21.9 Å². The van der Waals surface area contributed by atoms with Crippen molar-refractivity contribution in [2.45, 2.75) is 13.2 Å². The van der Waals surface area contributed by atoms with Gasteiger partial charge in [-0.15, -0.1) is 0 Å². The van der Waals surface area contributed by atoms with Crippen molar-refractivity contribution in [3.63, 3.8) is 0 Å². The Labute approximate surface area is 208 Å². The molecule has 8 heteroatoms. The van der Waals surface area contributed by atoms with Crippen LogP contribution in [0.2, 0.25) is 0 Å². The highest BCUT2D eigenvalue weighted by Crippen LogP contribution is 2.19. The van der Waals surface area contributed by atoms with Crippen LogP contribution in [0.4, 0.5) is 0 Å². The molecule has 1 heterocycles. The fourth-order valence-electron chi connectivity index (χ4n) is 3.08. The minimum atomic E-state index is -0.407. The number of hydrogen-bond acceptors (Lipinski definition) is 4. The zero-order chi connectivity index (χ0) is 23.0. The maximum absolute atomic E-state index is 12.6. The molecule has 0 spiro atoms. The summed E-state index contributed by atoms with van der Waals surface area (Å²) in [5, 5.41) is 8.48. The van der Waals surface area contributed by atoms with Crippen molar-refractivity contribution >= 4 is 44.0 Å². The first-order chi connectivity index (χ1) is 16.1. The minimum absolute atomic E-state index is 0.262. The van der Waals surface area contributed by atoms with Gasteiger partial charge in [0.05, 0.1) is 17.2 Å². The van der Waals surface area contributed by atoms with E-state index in [1.807, 2.05) is 78.9 Å². The van der Waals surface area contributed by atoms with E-state index in [1.54, 1.807) is 17.1 Å². The third kappa shape index (κ3) is 6.40. The average Bonchev–Trinajstić information content (AvgIpc) is 3.20. The number of para-hydroxylation sites is 1. The molecule has 33 heavy (non-hydrogen) atoms. The number of halogens is 2. The summed E-state index contributed by atoms with van der Waals surface area (Å²) < 4.78 is 9.24. The Balaban J connectivity index is 1.38. The van der Waals surface area contributed by atoms with Crippen molar-refractivity contribution in [2.75, 3.05) is 0 Å². The van der Waals surface area contributed by atoms with E-state index in [9.17, 15) is 4.79 Å². The van der Waals surface area contributed by atoms with Crippen molar-refractivity contribution in [1.29, 1.82) is 0 Å². The summed E-state index contributed by atoms with van der Waals surface area (Å²) in [5.41, 5.74) is 5.70. The van der Waals surface area contributed by atoms with Crippen molar-refractivity contribution in [3.05, 3.63) is 116 Å². The summed E-state index contributed by atoms with van der Waals surface area (Å²) >= 11 is 6.84. The fourth-order valence-corrected chi connectivity index (χ4v) is 3.84. The molecule has 0 unspecified atom stereocenters. The largest absolute Gasteiger partial charge is 0.488 e. The number of nitrogens with one attached hydrogen (secondary N) is 1. The first-order valence-corrected chi connectivity index (χ1v) is 11.7. The Morgan fingerprint density at radius 2 is 1.70 bits per heavy atom. The van der Waals surface area contributed by atoms with Crippen LogP contribution in [0.3, 0.4) is 0 Å². The maximum Gasteiger partial charge on any atom is 0.293 e. The predicted molar refractivity (Wildman–Crippen MR) is 135 cm³/mol. The molecule has 0 atom stereocenters. The number of carbonyl (C=O) groups excluding carboxylic acids is 1. The molecule has 4 rings (SSSR count). The Morgan fingerprint density at radius 3 is 2.48 bits per heavy atom. The molecule has 1 N–H and O–H groups in total. The lowest BCUT2D eigenvalue weighted by atomic mass is 10.2. The highest BCUT2D eigenvalue weighted by molar-refractivity contribution is 9.10. The van der Waals surface area contributed by atoms with Gasteiger partial charge in [-0.05, 0) is 51.3 Å². The molecule has 0 aliphatic heterocycles. The molecule has 0 saturated carbocycles. The normalized spacial score (nSPS) is 11.0. The van der Waals surface area contributed by atoms with Gasteiger partial charge in [0.1, 0.15) is 12.4 Å². The smallest absolute Gasteiger partial charge is 0.293 e. The Hall–Kier alpha value is -3.23. The van der Waals surface area contributed by atoms with E-state index in [0.29, 0.717) is 23.4 Å². The first kappa shape index (κ1) is 22.9. The van der Waals surface area contributed by atoms with Crippen molar-refractivity contribution in [3.8, 4) is 5.75 Å². The molecule has 3 aromatic carbocycles. The molecule has 0 saturated heterocycles. The highest BCUT2D eigenvalue weighted by Gasteiger charge is 2.15. The van der Waals surface area contributed by atoms with E-state index < -0.39 is 5.91 Å². The summed E-state index contributed by atoms with van der Waals surface area (Å²) in [6.45, 7) is 0.995. The van der Waals surface area contributed by atoms with Crippen molar-refractivity contribution in [1.82, 2.24) is 15.2 Å². The summed E-state index contributed by atoms with van der Waals surface area (Å²) in [7, 11) is 0. The molecule has 0 radical (unpaired) electrons. The summed E-state index contributed by atoms with van der Waals surface area (Å²) in [6.07, 6.45) is 3.33. The fraction of sp³-hybridized carbons (Fsp3) is 0.0800. The number of hydrazone groups is 1. The van der Waals surface area contributed by atoms with Gasteiger partial charge in [0.15, 0.2) is 5.69 Å². The lowest BCUT2D eigenvalue weighted by Gasteiger charge is -2.08. The van der Waals surface area contributed by atoms with Crippen LogP contribution in [-0.2, 0) is 13.2 Å². The van der Waals surface area contributed by atoms with E-state index >= 15 is 0 Å². The van der Waals surface area contributed by atoms with Crippen molar-refractivity contribution < 1.29 is 9.53 Å². The molecule has 1 aromatic heterocycles. The van der Waals surface area contributed by atoms with Crippen LogP contribution in [0, 0.1) is 0 Å². The topological polar surface area (TPSA) is 68.5 Å². The first-order valence-electron chi connectivity index (χ1n) is 10.1. The molecular weight excluding hydrogens is 548 g/mol. The van der Waals surface area contributed by atoms with Gasteiger partial charge in [0.25, 0.3) is 5.91 Å². The molecule has 0 bridgehead atoms. The van der Waals surface area contributed by atoms with E-state index in [2.05, 4.69) is 47.5 Å². The zero-order valence-electron chi connectivity index (χ0n) is 17.5. The van der Waals surface area contributed by atoms with Gasteiger partial charge < -0.3 is 4.74 Å². The Kier molecular flexibility index (Phi) is 7.70. The number of benzene rings is 3. The third-order valence-electron chi connectivity index (χ3n) is 4.72. The number of amides is 1. The molecule has 1 amide bonds. The van der Waals surface area contributed by atoms with E-state index in [4.69, 9.17) is 4.74 Å². The van der Waals surface area contributed by atoms with Gasteiger partial charge in [-0.1, -0.05) is 70.5 Å². The third-order valence-corrected chi connectivity index (χ3v) is 5.82. The van der Waals surface area contributed by atoms with Crippen LogP contribution < -0.4 is 10.2 Å². The second-order valence-electron chi connectivity index (χ2n) is 7.16. The Morgan fingerprint density at radius 1 is 0.970 bits per heavy atom. The standard InChI is InChI=1S/C25H20Br2N4O2/c26-21-12-10-18(11-13-21)15-31-16-22(27)24(30-31)25(32)29-28-14-20-8-4-5-9-23(20)33-17-19-6-2-1-3-7-19/h1-14,16H,15,17H2,(H,29,32). The van der Waals surface area contributed by atoms with Gasteiger partial charge in [0.2, 0.25) is 0 Å². The van der Waals surface area contributed by atoms with Crippen molar-refractivity contribution in [2.24, 2.45) is 5.10 Å². The van der Waals surface area contributed by atoms with E-state index in [0.717, 1.165) is 21.2 Å². The predicted octanol–water partition coefficient (Wildman–Crippen LogP) is 5.80. The minimum Gasteiger partial charge on any atom is -0.488 e. The van der Waals surface area contributed by atoms with Gasteiger partial charge in [-0.2, -0.15) is 10.2 Å². The number of hydrogen-bond donors (Lipinski definition) is 1. The number of aromatic nitrogens is 2. The van der Waals surface area contributed by atoms with E-state index in [1.165, 1.54) is 0 Å². The van der Waals surface area contributed by atoms with Crippen LogP contribution in [0.25, 0.3) is 0 Å². The monoisotopic (exact) mass is 566 g/mol. The molecular formula is C25H20Br2N4O2. The quantitative estimate of drug-likeness (QED) is 0.216. The number of ether oxygens (including phenoxy) is 1. The summed E-state index contributed by atoms with van der Waals surface area (Å²) in [5.74, 6) is 0.273. The molecule has 6 nitrogen and oxygen atoms in total. The molecule has 166 valence electrons. The van der Waals surface area contributed by atoms with Crippen LogP contribution in [0.15, 0.2) is 99.1 Å². The average molecular weight is 568 g/mol. The zero-order valence-corrected chi connectivity index (χ0v) is 20.7. The number of rotatable bonds is 8. The molecule has 0 fully saturated rings. The maximum atomic E-state index is 12.6. The van der Waals surface area contributed by atoms with Gasteiger partial charge in [-0.3, -0.25) is 9.48 Å². The number of carbonyl (C=O) groups is 1. The van der Waals surface area contributed by atoms with Gasteiger partial charge >= 0.3 is 0 Å². The van der Waals surface area contributed by atoms with E-state index in [-0.39, 0.29) is 5.69 Å². The van der Waals surface area contributed by atoms with Gasteiger partial charge in [-0.25, -0.2) is 5.43 Å². The summed E-state index contributed by atoms with van der Waals surface area (Å²) in [4.78, 5) is 12.6. The molecule has 4 aromatic rings. The highest BCUT2D eigenvalue weighted by atomic mass is 79.9. The number of nitrogens with zero attached hydrogens (tertiary/aromatic N) is 3. The second-order valence-corrected chi connectivity index (χ2v) is 8.93. The van der Waals surface area contributed by atoms with Crippen LogP contribution in [0.5, 0.6) is 5.75 Å². The van der Waals surface area contributed by atoms with Gasteiger partial charge in [0, 0.05) is 16.2 Å². The summed E-state index contributed by atoms with van der Waals surface area (Å²) in [6, 6.07) is 25.4. The second kappa shape index (κ2) is 11.1. The molecule has 0 aliphatic rings. The lowest BCUT2D eigenvalue weighted by Crippen LogP contribution is -2.19. The molecule has 0 aliphatic carbocycles.